The summed E-state index contributed by atoms with van der Waals surface area (Å²) in [7, 11) is 0. The van der Waals surface area contributed by atoms with Gasteiger partial charge in [0.05, 0.1) is 22.6 Å². The van der Waals surface area contributed by atoms with E-state index in [2.05, 4.69) is 20.2 Å². The van der Waals surface area contributed by atoms with Gasteiger partial charge in [0.25, 0.3) is 11.2 Å². The van der Waals surface area contributed by atoms with Gasteiger partial charge in [-0.3, -0.25) is 24.9 Å². The van der Waals surface area contributed by atoms with Gasteiger partial charge in [-0.15, -0.1) is 0 Å². The minimum absolute atomic E-state index is 0.0175. The van der Waals surface area contributed by atoms with E-state index in [1.807, 2.05) is 0 Å². The van der Waals surface area contributed by atoms with Crippen LogP contribution in [0.5, 0.6) is 11.8 Å². The number of aromatic amines is 3. The van der Waals surface area contributed by atoms with E-state index in [0.717, 1.165) is 0 Å². The molecule has 3 N–H and O–H groups in total. The van der Waals surface area contributed by atoms with Crippen LogP contribution in [-0.2, 0) is 0 Å². The molecule has 1 atom stereocenters. The fourth-order valence-corrected chi connectivity index (χ4v) is 2.78. The Morgan fingerprint density at radius 1 is 1.12 bits per heavy atom. The fourth-order valence-electron chi connectivity index (χ4n) is 2.78. The third-order valence-corrected chi connectivity index (χ3v) is 3.82. The van der Waals surface area contributed by atoms with Gasteiger partial charge in [-0.2, -0.15) is 5.10 Å². The zero-order valence-corrected chi connectivity index (χ0v) is 11.9. The summed E-state index contributed by atoms with van der Waals surface area (Å²) < 4.78 is 5.49. The first-order valence-corrected chi connectivity index (χ1v) is 6.86. The van der Waals surface area contributed by atoms with Crippen LogP contribution in [0.15, 0.2) is 40.1 Å². The molecule has 4 rings (SSSR count). The summed E-state index contributed by atoms with van der Waals surface area (Å²) >= 11 is 0. The summed E-state index contributed by atoms with van der Waals surface area (Å²) in [4.78, 5) is 38.7. The van der Waals surface area contributed by atoms with Crippen LogP contribution < -0.4 is 16.0 Å². The summed E-state index contributed by atoms with van der Waals surface area (Å²) in [5.74, 6) is -0.264. The minimum atomic E-state index is -0.691. The van der Waals surface area contributed by atoms with Crippen LogP contribution in [0.4, 0.5) is 5.69 Å². The van der Waals surface area contributed by atoms with Gasteiger partial charge >= 0.3 is 5.69 Å². The number of non-ortho nitro benzene ring substituents is 1. The van der Waals surface area contributed by atoms with Crippen LogP contribution in [-0.4, -0.2) is 25.1 Å². The van der Waals surface area contributed by atoms with E-state index in [9.17, 15) is 19.7 Å². The van der Waals surface area contributed by atoms with Crippen molar-refractivity contribution in [3.63, 3.8) is 0 Å². The highest BCUT2D eigenvalue weighted by molar-refractivity contribution is 5.53. The number of hydrogen-bond acceptors (Lipinski definition) is 6. The van der Waals surface area contributed by atoms with Crippen molar-refractivity contribution in [2.75, 3.05) is 0 Å². The number of benzene rings is 1. The lowest BCUT2D eigenvalue weighted by Gasteiger charge is -2.23. The van der Waals surface area contributed by atoms with Crippen molar-refractivity contribution >= 4 is 5.69 Å². The minimum Gasteiger partial charge on any atom is -0.422 e. The molecule has 0 radical (unpaired) electrons. The maximum Gasteiger partial charge on any atom is 0.328 e. The Bertz CT molecular complexity index is 1060. The van der Waals surface area contributed by atoms with Crippen LogP contribution in [0, 0.1) is 10.1 Å². The summed E-state index contributed by atoms with van der Waals surface area (Å²) in [6.45, 7) is 0. The number of nitrogens with one attached hydrogen (secondary N) is 3. The summed E-state index contributed by atoms with van der Waals surface area (Å²) in [5.41, 5.74) is 0.0820. The van der Waals surface area contributed by atoms with Gasteiger partial charge < -0.3 is 4.74 Å². The monoisotopic (exact) mass is 327 g/mol. The van der Waals surface area contributed by atoms with Crippen LogP contribution in [0.25, 0.3) is 0 Å². The molecule has 0 amide bonds. The topological polar surface area (TPSA) is 147 Å². The van der Waals surface area contributed by atoms with Crippen molar-refractivity contribution < 1.29 is 9.66 Å². The molecule has 0 spiro atoms. The van der Waals surface area contributed by atoms with Gasteiger partial charge in [0.1, 0.15) is 0 Å². The second-order valence-electron chi connectivity index (χ2n) is 5.19. The molecular formula is C14H9N5O5. The second kappa shape index (κ2) is 4.91. The predicted octanol–water partition coefficient (Wildman–Crippen LogP) is 0.980. The summed E-state index contributed by atoms with van der Waals surface area (Å²) in [6.07, 6.45) is 1.51. The lowest BCUT2D eigenvalue weighted by Crippen LogP contribution is -2.30. The van der Waals surface area contributed by atoms with E-state index in [0.29, 0.717) is 17.0 Å². The number of nitro benzene ring substituents is 1. The number of hydrogen-bond donors (Lipinski definition) is 3. The second-order valence-corrected chi connectivity index (χ2v) is 5.19. The SMILES string of the molecule is O=c1[nH]c2c(c(=O)[nH]1)C(c1ccc([N+](=O)[O-])cc1)c1cn[nH]c1O2. The molecule has 0 saturated heterocycles. The highest BCUT2D eigenvalue weighted by Crippen LogP contribution is 2.43. The van der Waals surface area contributed by atoms with Gasteiger partial charge in [-0.25, -0.2) is 9.89 Å². The third kappa shape index (κ3) is 2.00. The Hall–Kier alpha value is -3.69. The smallest absolute Gasteiger partial charge is 0.328 e. The van der Waals surface area contributed by atoms with Crippen LogP contribution in [0.1, 0.15) is 22.6 Å². The van der Waals surface area contributed by atoms with Crippen molar-refractivity contribution in [1.82, 2.24) is 20.2 Å². The molecule has 3 aromatic rings. The first-order chi connectivity index (χ1) is 11.5. The number of H-pyrrole nitrogens is 3. The van der Waals surface area contributed by atoms with E-state index in [-0.39, 0.29) is 17.1 Å². The van der Waals surface area contributed by atoms with Gasteiger partial charge in [0.15, 0.2) is 0 Å². The van der Waals surface area contributed by atoms with Crippen LogP contribution in [0.3, 0.4) is 0 Å². The van der Waals surface area contributed by atoms with E-state index in [1.165, 1.54) is 18.3 Å². The molecule has 3 heterocycles. The third-order valence-electron chi connectivity index (χ3n) is 3.82. The Labute approximate surface area is 132 Å². The van der Waals surface area contributed by atoms with Crippen molar-refractivity contribution in [3.05, 3.63) is 78.1 Å². The van der Waals surface area contributed by atoms with Crippen molar-refractivity contribution in [2.45, 2.75) is 5.92 Å². The van der Waals surface area contributed by atoms with Crippen LogP contribution >= 0.6 is 0 Å². The largest absolute Gasteiger partial charge is 0.422 e. The molecule has 0 fully saturated rings. The highest BCUT2D eigenvalue weighted by Gasteiger charge is 2.34. The van der Waals surface area contributed by atoms with Crippen molar-refractivity contribution in [1.29, 1.82) is 0 Å². The van der Waals surface area contributed by atoms with Crippen molar-refractivity contribution in [2.24, 2.45) is 0 Å². The average Bonchev–Trinajstić information content (AvgIpc) is 3.00. The van der Waals surface area contributed by atoms with Gasteiger partial charge in [-0.1, -0.05) is 12.1 Å². The number of nitro groups is 1. The molecule has 0 aliphatic carbocycles. The number of nitrogens with zero attached hydrogens (tertiary/aromatic N) is 2. The molecule has 1 aliphatic heterocycles. The molecule has 24 heavy (non-hydrogen) atoms. The molecular weight excluding hydrogens is 318 g/mol. The lowest BCUT2D eigenvalue weighted by molar-refractivity contribution is -0.384. The molecule has 1 aliphatic rings. The number of rotatable bonds is 2. The standard InChI is InChI=1S/C14H9N5O5/c20-11-10-9(6-1-3-7(4-2-6)19(22)23)8-5-15-18-12(8)24-13(10)17-14(21)16-11/h1-5,9H,(H,15,18)(H2,16,17,20,21). The summed E-state index contributed by atoms with van der Waals surface area (Å²) in [5, 5.41) is 17.4. The zero-order chi connectivity index (χ0) is 16.8. The van der Waals surface area contributed by atoms with Crippen LogP contribution in [0.2, 0.25) is 0 Å². The quantitative estimate of drug-likeness (QED) is 0.369. The van der Waals surface area contributed by atoms with E-state index in [4.69, 9.17) is 4.74 Å². The molecule has 0 saturated carbocycles. The van der Waals surface area contributed by atoms with E-state index >= 15 is 0 Å². The molecule has 120 valence electrons. The number of ether oxygens (including phenoxy) is 1. The van der Waals surface area contributed by atoms with Gasteiger partial charge in [0.2, 0.25) is 11.8 Å². The van der Waals surface area contributed by atoms with E-state index in [1.54, 1.807) is 12.1 Å². The fraction of sp³-hybridized carbons (Fsp3) is 0.0714. The summed E-state index contributed by atoms with van der Waals surface area (Å²) in [6, 6.07) is 5.81. The lowest BCUT2D eigenvalue weighted by atomic mass is 9.86. The van der Waals surface area contributed by atoms with Crippen molar-refractivity contribution in [3.8, 4) is 11.8 Å². The highest BCUT2D eigenvalue weighted by atomic mass is 16.6. The predicted molar refractivity (Wildman–Crippen MR) is 80.4 cm³/mol. The zero-order valence-electron chi connectivity index (χ0n) is 11.9. The molecule has 1 aromatic carbocycles. The molecule has 2 aromatic heterocycles. The first-order valence-electron chi connectivity index (χ1n) is 6.86. The Kier molecular flexibility index (Phi) is 2.85. The van der Waals surface area contributed by atoms with E-state index < -0.39 is 22.1 Å². The molecule has 1 unspecified atom stereocenters. The molecule has 0 bridgehead atoms. The molecule has 10 heteroatoms. The molecule has 10 nitrogen and oxygen atoms in total. The maximum atomic E-state index is 12.3. The Morgan fingerprint density at radius 2 is 1.88 bits per heavy atom. The number of aromatic nitrogens is 4. The maximum absolute atomic E-state index is 12.3. The Balaban J connectivity index is 1.95. The first kappa shape index (κ1) is 13.9. The Morgan fingerprint density at radius 3 is 2.58 bits per heavy atom. The number of fused-ring (bicyclic) bond motifs is 2. The normalized spacial score (nSPS) is 15.2. The van der Waals surface area contributed by atoms with Gasteiger partial charge in [-0.05, 0) is 5.56 Å². The average molecular weight is 327 g/mol. The van der Waals surface area contributed by atoms with Gasteiger partial charge in [0, 0.05) is 17.7 Å².